The molecule has 16 heavy (non-hydrogen) atoms. The molecule has 3 nitrogen and oxygen atoms in total. The van der Waals surface area contributed by atoms with Gasteiger partial charge >= 0.3 is 5.97 Å². The summed E-state index contributed by atoms with van der Waals surface area (Å²) in [6.07, 6.45) is 2.02. The monoisotopic (exact) mass is 215 g/mol. The number of hydrogen-bond acceptors (Lipinski definition) is 2. The molecule has 0 fully saturated rings. The predicted molar refractivity (Wildman–Crippen MR) is 61.3 cm³/mol. The van der Waals surface area contributed by atoms with Crippen LogP contribution in [0.15, 0.2) is 42.6 Å². The third kappa shape index (κ3) is 2.51. The van der Waals surface area contributed by atoms with Crippen LogP contribution in [0.3, 0.4) is 0 Å². The molecule has 0 radical (unpaired) electrons. The van der Waals surface area contributed by atoms with E-state index < -0.39 is 0 Å². The van der Waals surface area contributed by atoms with Gasteiger partial charge < -0.3 is 9.72 Å². The van der Waals surface area contributed by atoms with Crippen LogP contribution in [0.5, 0.6) is 5.88 Å². The maximum absolute atomic E-state index is 11.6. The summed E-state index contributed by atoms with van der Waals surface area (Å²) in [5, 5.41) is 0. The summed E-state index contributed by atoms with van der Waals surface area (Å²) in [4.78, 5) is 14.4. The lowest BCUT2D eigenvalue weighted by molar-refractivity contribution is -0.133. The highest BCUT2D eigenvalue weighted by Crippen LogP contribution is 2.10. The van der Waals surface area contributed by atoms with Crippen molar-refractivity contribution in [1.82, 2.24) is 4.98 Å². The first-order valence-corrected chi connectivity index (χ1v) is 5.14. The number of nitrogens with one attached hydrogen (secondary N) is 1. The lowest BCUT2D eigenvalue weighted by Gasteiger charge is -2.04. The summed E-state index contributed by atoms with van der Waals surface area (Å²) in [6.45, 7) is 1.98. The number of rotatable bonds is 3. The van der Waals surface area contributed by atoms with E-state index in [1.807, 2.05) is 31.2 Å². The quantitative estimate of drug-likeness (QED) is 0.799. The highest BCUT2D eigenvalue weighted by molar-refractivity contribution is 5.75. The number of ether oxygens (including phenoxy) is 1. The average molecular weight is 215 g/mol. The molecule has 1 N–H and O–H groups in total. The number of carbonyl (C=O) groups is 1. The Kier molecular flexibility index (Phi) is 3.05. The van der Waals surface area contributed by atoms with Gasteiger partial charge in [0, 0.05) is 12.3 Å². The van der Waals surface area contributed by atoms with Gasteiger partial charge in [-0.25, -0.2) is 0 Å². The number of H-pyrrole nitrogens is 1. The Hall–Kier alpha value is -2.03. The third-order valence-electron chi connectivity index (χ3n) is 2.39. The first kappa shape index (κ1) is 10.5. The first-order valence-electron chi connectivity index (χ1n) is 5.14. The molecule has 0 aliphatic carbocycles. The van der Waals surface area contributed by atoms with Gasteiger partial charge in [-0.3, -0.25) is 4.79 Å². The Labute approximate surface area is 94.1 Å². The zero-order chi connectivity index (χ0) is 11.4. The van der Waals surface area contributed by atoms with Crippen LogP contribution in [0, 0.1) is 6.92 Å². The lowest BCUT2D eigenvalue weighted by atomic mass is 10.1. The van der Waals surface area contributed by atoms with Gasteiger partial charge in [0.25, 0.3) is 0 Å². The molecule has 1 heterocycles. The van der Waals surface area contributed by atoms with E-state index in [1.165, 1.54) is 0 Å². The zero-order valence-corrected chi connectivity index (χ0v) is 9.07. The van der Waals surface area contributed by atoms with E-state index in [1.54, 1.807) is 18.3 Å². The van der Waals surface area contributed by atoms with Crippen LogP contribution in [-0.4, -0.2) is 11.0 Å². The Bertz CT molecular complexity index is 474. The maximum atomic E-state index is 11.6. The van der Waals surface area contributed by atoms with Crippen molar-refractivity contribution in [1.29, 1.82) is 0 Å². The fraction of sp³-hybridized carbons (Fsp3) is 0.154. The molecule has 3 heteroatoms. The summed E-state index contributed by atoms with van der Waals surface area (Å²) < 4.78 is 5.12. The fourth-order valence-electron chi connectivity index (χ4n) is 1.50. The first-order chi connectivity index (χ1) is 7.75. The second kappa shape index (κ2) is 4.66. The normalized spacial score (nSPS) is 10.1. The van der Waals surface area contributed by atoms with Crippen LogP contribution in [0.4, 0.5) is 0 Å². The van der Waals surface area contributed by atoms with E-state index in [-0.39, 0.29) is 5.97 Å². The minimum Gasteiger partial charge on any atom is -0.409 e. The molecule has 1 aromatic carbocycles. The van der Waals surface area contributed by atoms with Gasteiger partial charge in [0.05, 0.1) is 6.42 Å². The molecule has 0 aliphatic rings. The summed E-state index contributed by atoms with van der Waals surface area (Å²) in [7, 11) is 0. The highest BCUT2D eigenvalue weighted by Gasteiger charge is 2.08. The zero-order valence-electron chi connectivity index (χ0n) is 9.07. The van der Waals surface area contributed by atoms with E-state index in [9.17, 15) is 4.79 Å². The molecule has 0 amide bonds. The van der Waals surface area contributed by atoms with Crippen molar-refractivity contribution in [2.45, 2.75) is 13.3 Å². The van der Waals surface area contributed by atoms with Crippen LogP contribution in [0.1, 0.15) is 11.1 Å². The molecule has 1 aromatic heterocycles. The van der Waals surface area contributed by atoms with Crippen LogP contribution in [0.25, 0.3) is 0 Å². The number of aryl methyl sites for hydroxylation is 1. The molecular weight excluding hydrogens is 202 g/mol. The molecule has 0 saturated heterocycles. The van der Waals surface area contributed by atoms with E-state index in [0.717, 1.165) is 11.1 Å². The van der Waals surface area contributed by atoms with Crippen LogP contribution >= 0.6 is 0 Å². The molecule has 0 aliphatic heterocycles. The number of aromatic nitrogens is 1. The Morgan fingerprint density at radius 3 is 2.75 bits per heavy atom. The van der Waals surface area contributed by atoms with Crippen LogP contribution in [-0.2, 0) is 11.2 Å². The average Bonchev–Trinajstić information content (AvgIpc) is 2.74. The molecule has 2 aromatic rings. The Morgan fingerprint density at radius 1 is 1.25 bits per heavy atom. The van der Waals surface area contributed by atoms with Crippen molar-refractivity contribution in [3.05, 3.63) is 53.7 Å². The second-order valence-corrected chi connectivity index (χ2v) is 3.61. The maximum Gasteiger partial charge on any atom is 0.316 e. The van der Waals surface area contributed by atoms with Crippen molar-refractivity contribution < 1.29 is 9.53 Å². The van der Waals surface area contributed by atoms with Gasteiger partial charge in [-0.1, -0.05) is 24.3 Å². The number of carbonyl (C=O) groups excluding carboxylic acids is 1. The molecular formula is C13H13NO2. The summed E-state index contributed by atoms with van der Waals surface area (Å²) in [5.74, 6) is 0.232. The van der Waals surface area contributed by atoms with Crippen molar-refractivity contribution >= 4 is 5.97 Å². The van der Waals surface area contributed by atoms with Crippen LogP contribution < -0.4 is 4.74 Å². The fourth-order valence-corrected chi connectivity index (χ4v) is 1.50. The molecule has 0 bridgehead atoms. The van der Waals surface area contributed by atoms with E-state index in [4.69, 9.17) is 4.74 Å². The minimum atomic E-state index is -0.253. The number of aromatic amines is 1. The topological polar surface area (TPSA) is 42.1 Å². The van der Waals surface area contributed by atoms with Gasteiger partial charge in [0.15, 0.2) is 0 Å². The second-order valence-electron chi connectivity index (χ2n) is 3.61. The number of benzene rings is 1. The molecule has 82 valence electrons. The Balaban J connectivity index is 2.00. The van der Waals surface area contributed by atoms with Crippen molar-refractivity contribution in [2.75, 3.05) is 0 Å². The highest BCUT2D eigenvalue weighted by atomic mass is 16.5. The summed E-state index contributed by atoms with van der Waals surface area (Å²) in [5.41, 5.74) is 2.10. The predicted octanol–water partition coefficient (Wildman–Crippen LogP) is 2.47. The van der Waals surface area contributed by atoms with E-state index in [2.05, 4.69) is 4.98 Å². The van der Waals surface area contributed by atoms with Gasteiger partial charge in [0.2, 0.25) is 5.88 Å². The molecule has 2 rings (SSSR count). The standard InChI is InChI=1S/C13H13NO2/c1-10-5-2-3-6-11(10)9-13(15)16-12-7-4-8-14-12/h2-8,14H,9H2,1H3. The van der Waals surface area contributed by atoms with Gasteiger partial charge in [-0.15, -0.1) is 0 Å². The molecule has 0 atom stereocenters. The van der Waals surface area contributed by atoms with Gasteiger partial charge in [-0.2, -0.15) is 0 Å². The minimum absolute atomic E-state index is 0.253. The Morgan fingerprint density at radius 2 is 2.06 bits per heavy atom. The van der Waals surface area contributed by atoms with Gasteiger partial charge in [0.1, 0.15) is 0 Å². The number of hydrogen-bond donors (Lipinski definition) is 1. The smallest absolute Gasteiger partial charge is 0.316 e. The SMILES string of the molecule is Cc1ccccc1CC(=O)Oc1ccc[nH]1. The number of esters is 1. The molecule has 0 spiro atoms. The van der Waals surface area contributed by atoms with Crippen molar-refractivity contribution in [3.8, 4) is 5.88 Å². The van der Waals surface area contributed by atoms with Crippen molar-refractivity contribution in [3.63, 3.8) is 0 Å². The molecule has 0 unspecified atom stereocenters. The third-order valence-corrected chi connectivity index (χ3v) is 2.39. The van der Waals surface area contributed by atoms with Gasteiger partial charge in [-0.05, 0) is 24.1 Å². The van der Waals surface area contributed by atoms with Crippen molar-refractivity contribution in [2.24, 2.45) is 0 Å². The summed E-state index contributed by atoms with van der Waals surface area (Å²) >= 11 is 0. The largest absolute Gasteiger partial charge is 0.409 e. The summed E-state index contributed by atoms with van der Waals surface area (Å²) in [6, 6.07) is 11.3. The van der Waals surface area contributed by atoms with Crippen LogP contribution in [0.2, 0.25) is 0 Å². The van der Waals surface area contributed by atoms with E-state index >= 15 is 0 Å². The molecule has 0 saturated carbocycles. The van der Waals surface area contributed by atoms with E-state index in [0.29, 0.717) is 12.3 Å². The lowest BCUT2D eigenvalue weighted by Crippen LogP contribution is -2.12.